The van der Waals surface area contributed by atoms with Gasteiger partial charge in [0, 0.05) is 29.9 Å². The number of carbonyl (C=O) groups excluding carboxylic acids is 1. The highest BCUT2D eigenvalue weighted by Gasteiger charge is 2.32. The van der Waals surface area contributed by atoms with Crippen LogP contribution in [0.1, 0.15) is 31.6 Å². The van der Waals surface area contributed by atoms with Crippen LogP contribution < -0.4 is 5.32 Å². The number of amides is 2. The van der Waals surface area contributed by atoms with Gasteiger partial charge in [-0.3, -0.25) is 4.79 Å². The predicted molar refractivity (Wildman–Crippen MR) is 82.5 cm³/mol. The SMILES string of the molecule is CC(Cc1cccs1)NC(=O)N1CCC(C(=O)O)CC1C. The van der Waals surface area contributed by atoms with Crippen molar-refractivity contribution in [2.24, 2.45) is 5.92 Å². The molecule has 1 aromatic rings. The lowest BCUT2D eigenvalue weighted by atomic mass is 9.92. The molecule has 2 N–H and O–H groups in total. The van der Waals surface area contributed by atoms with Crippen LogP contribution in [0.25, 0.3) is 0 Å². The van der Waals surface area contributed by atoms with Crippen LogP contribution in [0.4, 0.5) is 4.79 Å². The van der Waals surface area contributed by atoms with Crippen LogP contribution in [0.2, 0.25) is 0 Å². The standard InChI is InChI=1S/C15H22N2O3S/c1-10(8-13-4-3-7-21-13)16-15(20)17-6-5-12(14(18)19)9-11(17)2/h3-4,7,10-12H,5-6,8-9H2,1-2H3,(H,16,20)(H,18,19). The Labute approximate surface area is 129 Å². The number of carboxylic acid groups (broad SMARTS) is 1. The van der Waals surface area contributed by atoms with Crippen molar-refractivity contribution in [2.45, 2.75) is 45.2 Å². The highest BCUT2D eigenvalue weighted by atomic mass is 32.1. The van der Waals surface area contributed by atoms with Crippen molar-refractivity contribution in [3.63, 3.8) is 0 Å². The van der Waals surface area contributed by atoms with Gasteiger partial charge in [-0.2, -0.15) is 0 Å². The van der Waals surface area contributed by atoms with Crippen LogP contribution in [-0.4, -0.2) is 40.6 Å². The number of hydrogen-bond acceptors (Lipinski definition) is 3. The molecule has 1 aliphatic rings. The Morgan fingerprint density at radius 1 is 1.57 bits per heavy atom. The number of aliphatic carboxylic acids is 1. The van der Waals surface area contributed by atoms with Gasteiger partial charge in [0.2, 0.25) is 0 Å². The van der Waals surface area contributed by atoms with Crippen molar-refractivity contribution in [1.29, 1.82) is 0 Å². The molecule has 0 aromatic carbocycles. The Balaban J connectivity index is 1.84. The van der Waals surface area contributed by atoms with Gasteiger partial charge >= 0.3 is 12.0 Å². The third kappa shape index (κ3) is 4.20. The molecule has 2 amide bonds. The Morgan fingerprint density at radius 2 is 2.33 bits per heavy atom. The maximum absolute atomic E-state index is 12.3. The lowest BCUT2D eigenvalue weighted by Gasteiger charge is -2.36. The molecule has 116 valence electrons. The molecule has 1 saturated heterocycles. The monoisotopic (exact) mass is 310 g/mol. The summed E-state index contributed by atoms with van der Waals surface area (Å²) in [5, 5.41) is 14.1. The van der Waals surface area contributed by atoms with Crippen LogP contribution in [0.5, 0.6) is 0 Å². The maximum Gasteiger partial charge on any atom is 0.317 e. The topological polar surface area (TPSA) is 69.6 Å². The number of nitrogens with zero attached hydrogens (tertiary/aromatic N) is 1. The van der Waals surface area contributed by atoms with Crippen molar-refractivity contribution in [2.75, 3.05) is 6.54 Å². The molecule has 0 aliphatic carbocycles. The first-order valence-corrected chi connectivity index (χ1v) is 8.17. The fourth-order valence-corrected chi connectivity index (χ4v) is 3.61. The molecule has 1 aromatic heterocycles. The minimum absolute atomic E-state index is 0.0335. The van der Waals surface area contributed by atoms with Gasteiger partial charge in [0.25, 0.3) is 0 Å². The molecule has 1 fully saturated rings. The van der Waals surface area contributed by atoms with Crippen LogP contribution in [-0.2, 0) is 11.2 Å². The van der Waals surface area contributed by atoms with Crippen molar-refractivity contribution >= 4 is 23.3 Å². The van der Waals surface area contributed by atoms with E-state index >= 15 is 0 Å². The fraction of sp³-hybridized carbons (Fsp3) is 0.600. The average Bonchev–Trinajstić information content (AvgIpc) is 2.90. The van der Waals surface area contributed by atoms with Gasteiger partial charge in [-0.1, -0.05) is 6.07 Å². The first kappa shape index (κ1) is 15.8. The van der Waals surface area contributed by atoms with Crippen LogP contribution in [0.15, 0.2) is 17.5 Å². The number of nitrogens with one attached hydrogen (secondary N) is 1. The van der Waals surface area contributed by atoms with E-state index in [1.165, 1.54) is 4.88 Å². The smallest absolute Gasteiger partial charge is 0.317 e. The van der Waals surface area contributed by atoms with E-state index in [0.717, 1.165) is 6.42 Å². The lowest BCUT2D eigenvalue weighted by Crippen LogP contribution is -2.52. The molecule has 3 unspecified atom stereocenters. The second kappa shape index (κ2) is 6.93. The quantitative estimate of drug-likeness (QED) is 0.898. The third-order valence-electron chi connectivity index (χ3n) is 3.94. The summed E-state index contributed by atoms with van der Waals surface area (Å²) >= 11 is 1.69. The van der Waals surface area contributed by atoms with Gasteiger partial charge in [0.1, 0.15) is 0 Å². The summed E-state index contributed by atoms with van der Waals surface area (Å²) in [6, 6.07) is 4.02. The number of piperidine rings is 1. The summed E-state index contributed by atoms with van der Waals surface area (Å²) in [5.41, 5.74) is 0. The maximum atomic E-state index is 12.3. The summed E-state index contributed by atoms with van der Waals surface area (Å²) in [6.07, 6.45) is 1.89. The highest BCUT2D eigenvalue weighted by Crippen LogP contribution is 2.23. The van der Waals surface area contributed by atoms with Crippen LogP contribution >= 0.6 is 11.3 Å². The van der Waals surface area contributed by atoms with Crippen LogP contribution in [0, 0.1) is 5.92 Å². The predicted octanol–water partition coefficient (Wildman–Crippen LogP) is 2.57. The molecule has 0 bridgehead atoms. The number of hydrogen-bond donors (Lipinski definition) is 2. The van der Waals surface area contributed by atoms with E-state index in [2.05, 4.69) is 11.4 Å². The normalized spacial score (nSPS) is 23.6. The first-order valence-electron chi connectivity index (χ1n) is 7.29. The zero-order valence-electron chi connectivity index (χ0n) is 12.4. The second-order valence-electron chi connectivity index (χ2n) is 5.74. The third-order valence-corrected chi connectivity index (χ3v) is 4.84. The van der Waals surface area contributed by atoms with Crippen molar-refractivity contribution in [3.05, 3.63) is 22.4 Å². The molecule has 6 heteroatoms. The Kier molecular flexibility index (Phi) is 5.22. The van der Waals surface area contributed by atoms with Crippen molar-refractivity contribution in [3.8, 4) is 0 Å². The fourth-order valence-electron chi connectivity index (χ4n) is 2.77. The second-order valence-corrected chi connectivity index (χ2v) is 6.77. The minimum atomic E-state index is -0.757. The Bertz CT molecular complexity index is 489. The highest BCUT2D eigenvalue weighted by molar-refractivity contribution is 7.09. The van der Waals surface area contributed by atoms with Crippen molar-refractivity contribution < 1.29 is 14.7 Å². The molecule has 3 atom stereocenters. The molecule has 0 radical (unpaired) electrons. The number of carbonyl (C=O) groups is 2. The Hall–Kier alpha value is -1.56. The number of rotatable bonds is 4. The lowest BCUT2D eigenvalue weighted by molar-refractivity contribution is -0.143. The van der Waals surface area contributed by atoms with Gasteiger partial charge in [0.05, 0.1) is 5.92 Å². The van der Waals surface area contributed by atoms with Crippen molar-refractivity contribution in [1.82, 2.24) is 10.2 Å². The largest absolute Gasteiger partial charge is 0.481 e. The molecule has 21 heavy (non-hydrogen) atoms. The number of urea groups is 1. The van der Waals surface area contributed by atoms with Crippen LogP contribution in [0.3, 0.4) is 0 Å². The van der Waals surface area contributed by atoms with E-state index in [-0.39, 0.29) is 24.0 Å². The van der Waals surface area contributed by atoms with E-state index < -0.39 is 5.97 Å². The molecule has 1 aliphatic heterocycles. The number of carboxylic acids is 1. The summed E-state index contributed by atoms with van der Waals surface area (Å²) in [5.74, 6) is -1.08. The van der Waals surface area contributed by atoms with Gasteiger partial charge in [0.15, 0.2) is 0 Å². The molecular weight excluding hydrogens is 288 g/mol. The van der Waals surface area contributed by atoms with Gasteiger partial charge in [-0.25, -0.2) is 4.79 Å². The van der Waals surface area contributed by atoms with E-state index in [4.69, 9.17) is 5.11 Å². The van der Waals surface area contributed by atoms with E-state index in [1.54, 1.807) is 16.2 Å². The molecular formula is C15H22N2O3S. The molecule has 0 spiro atoms. The molecule has 2 heterocycles. The molecule has 0 saturated carbocycles. The van der Waals surface area contributed by atoms with E-state index in [9.17, 15) is 9.59 Å². The molecule has 2 rings (SSSR count). The van der Waals surface area contributed by atoms with E-state index in [0.29, 0.717) is 19.4 Å². The minimum Gasteiger partial charge on any atom is -0.481 e. The summed E-state index contributed by atoms with van der Waals surface area (Å²) in [6.45, 7) is 4.42. The molecule has 5 nitrogen and oxygen atoms in total. The summed E-state index contributed by atoms with van der Waals surface area (Å²) < 4.78 is 0. The zero-order chi connectivity index (χ0) is 15.4. The first-order chi connectivity index (χ1) is 9.97. The zero-order valence-corrected chi connectivity index (χ0v) is 13.2. The number of thiophene rings is 1. The van der Waals surface area contributed by atoms with Gasteiger partial charge in [-0.05, 0) is 38.1 Å². The van der Waals surface area contributed by atoms with Gasteiger partial charge in [-0.15, -0.1) is 11.3 Å². The summed E-state index contributed by atoms with van der Waals surface area (Å²) in [4.78, 5) is 26.3. The van der Waals surface area contributed by atoms with E-state index in [1.807, 2.05) is 25.3 Å². The number of likely N-dealkylation sites (tertiary alicyclic amines) is 1. The Morgan fingerprint density at radius 3 is 2.90 bits per heavy atom. The van der Waals surface area contributed by atoms with Gasteiger partial charge < -0.3 is 15.3 Å². The summed E-state index contributed by atoms with van der Waals surface area (Å²) in [7, 11) is 0. The average molecular weight is 310 g/mol.